The smallest absolute Gasteiger partial charge is 0.144 e. The monoisotopic (exact) mass is 283 g/mol. The fourth-order valence-corrected chi connectivity index (χ4v) is 3.03. The van der Waals surface area contributed by atoms with Crippen LogP contribution >= 0.6 is 0 Å². The Labute approximate surface area is 124 Å². The molecule has 4 heteroatoms. The van der Waals surface area contributed by atoms with Gasteiger partial charge < -0.3 is 15.8 Å². The first-order chi connectivity index (χ1) is 9.16. The van der Waals surface area contributed by atoms with Crippen molar-refractivity contribution in [2.75, 3.05) is 19.6 Å². The summed E-state index contributed by atoms with van der Waals surface area (Å²) in [5.74, 6) is 1.19. The van der Waals surface area contributed by atoms with Crippen LogP contribution in [-0.2, 0) is 0 Å². The van der Waals surface area contributed by atoms with Crippen molar-refractivity contribution < 1.29 is 5.21 Å². The highest BCUT2D eigenvalue weighted by atomic mass is 16.4. The molecule has 1 aliphatic rings. The van der Waals surface area contributed by atoms with Gasteiger partial charge in [0.1, 0.15) is 5.84 Å². The SMILES string of the molecule is CC(C)(CCCN1CCC(C(C)(C)C)CC1)C(N)=NO. The van der Waals surface area contributed by atoms with E-state index in [0.29, 0.717) is 11.3 Å². The predicted molar refractivity (Wildman–Crippen MR) is 85.0 cm³/mol. The molecule has 1 rings (SSSR count). The van der Waals surface area contributed by atoms with Crippen molar-refractivity contribution >= 4 is 5.84 Å². The second kappa shape index (κ2) is 6.79. The van der Waals surface area contributed by atoms with E-state index in [2.05, 4.69) is 30.8 Å². The third-order valence-corrected chi connectivity index (χ3v) is 4.89. The number of likely N-dealkylation sites (tertiary alicyclic amines) is 1. The van der Waals surface area contributed by atoms with Crippen LogP contribution in [0, 0.1) is 16.7 Å². The molecule has 0 aliphatic carbocycles. The van der Waals surface area contributed by atoms with Crippen molar-refractivity contribution in [2.24, 2.45) is 27.6 Å². The second-order valence-corrected chi connectivity index (χ2v) is 7.95. The fourth-order valence-electron chi connectivity index (χ4n) is 3.03. The van der Waals surface area contributed by atoms with Gasteiger partial charge in [-0.05, 0) is 56.7 Å². The van der Waals surface area contributed by atoms with E-state index < -0.39 is 0 Å². The first kappa shape index (κ1) is 17.3. The van der Waals surface area contributed by atoms with Crippen molar-refractivity contribution in [1.29, 1.82) is 0 Å². The Morgan fingerprint density at radius 3 is 2.20 bits per heavy atom. The first-order valence-corrected chi connectivity index (χ1v) is 7.87. The molecular formula is C16H33N3O. The van der Waals surface area contributed by atoms with Crippen LogP contribution in [0.3, 0.4) is 0 Å². The van der Waals surface area contributed by atoms with Crippen molar-refractivity contribution in [3.63, 3.8) is 0 Å². The summed E-state index contributed by atoms with van der Waals surface area (Å²) in [5, 5.41) is 11.9. The lowest BCUT2D eigenvalue weighted by atomic mass is 9.75. The number of hydrogen-bond donors (Lipinski definition) is 2. The number of amidine groups is 1. The van der Waals surface area contributed by atoms with Crippen LogP contribution in [0.1, 0.15) is 60.3 Å². The minimum atomic E-state index is -0.210. The van der Waals surface area contributed by atoms with E-state index >= 15 is 0 Å². The maximum atomic E-state index is 8.78. The molecule has 1 saturated heterocycles. The van der Waals surface area contributed by atoms with Crippen LogP contribution in [0.4, 0.5) is 0 Å². The standard InChI is InChI=1S/C16H33N3O/c1-15(2,3)13-7-11-19(12-8-13)10-6-9-16(4,5)14(17)18-20/h13,20H,6-12H2,1-5H3,(H2,17,18). The van der Waals surface area contributed by atoms with Gasteiger partial charge in [-0.15, -0.1) is 0 Å². The van der Waals surface area contributed by atoms with E-state index in [0.717, 1.165) is 25.3 Å². The van der Waals surface area contributed by atoms with Crippen LogP contribution in [0.2, 0.25) is 0 Å². The molecule has 0 unspecified atom stereocenters. The summed E-state index contributed by atoms with van der Waals surface area (Å²) < 4.78 is 0. The molecule has 0 spiro atoms. The van der Waals surface area contributed by atoms with Gasteiger partial charge in [0.25, 0.3) is 0 Å². The van der Waals surface area contributed by atoms with Gasteiger partial charge in [0.2, 0.25) is 0 Å². The lowest BCUT2D eigenvalue weighted by Gasteiger charge is -2.39. The molecule has 0 aromatic heterocycles. The maximum absolute atomic E-state index is 8.78. The third-order valence-electron chi connectivity index (χ3n) is 4.89. The molecule has 3 N–H and O–H groups in total. The number of oxime groups is 1. The van der Waals surface area contributed by atoms with Crippen molar-refractivity contribution in [2.45, 2.75) is 60.3 Å². The largest absolute Gasteiger partial charge is 0.409 e. The van der Waals surface area contributed by atoms with E-state index in [1.165, 1.54) is 25.9 Å². The molecule has 0 bridgehead atoms. The number of rotatable bonds is 5. The average molecular weight is 283 g/mol. The minimum absolute atomic E-state index is 0.210. The maximum Gasteiger partial charge on any atom is 0.144 e. The summed E-state index contributed by atoms with van der Waals surface area (Å²) in [7, 11) is 0. The van der Waals surface area contributed by atoms with Crippen LogP contribution in [0.5, 0.6) is 0 Å². The molecular weight excluding hydrogens is 250 g/mol. The lowest BCUT2D eigenvalue weighted by Crippen LogP contribution is -2.39. The topological polar surface area (TPSA) is 61.8 Å². The molecule has 118 valence electrons. The average Bonchev–Trinajstić information content (AvgIpc) is 2.37. The van der Waals surface area contributed by atoms with Gasteiger partial charge in [-0.1, -0.05) is 39.8 Å². The summed E-state index contributed by atoms with van der Waals surface area (Å²) >= 11 is 0. The molecule has 1 fully saturated rings. The zero-order valence-corrected chi connectivity index (χ0v) is 13.9. The Kier molecular flexibility index (Phi) is 5.87. The predicted octanol–water partition coefficient (Wildman–Crippen LogP) is 3.30. The molecule has 1 heterocycles. The molecule has 0 radical (unpaired) electrons. The molecule has 0 aromatic rings. The zero-order chi connectivity index (χ0) is 15.4. The second-order valence-electron chi connectivity index (χ2n) is 7.95. The van der Waals surface area contributed by atoms with Gasteiger partial charge in [0, 0.05) is 5.41 Å². The Balaban J connectivity index is 2.29. The number of hydrogen-bond acceptors (Lipinski definition) is 3. The van der Waals surface area contributed by atoms with Crippen LogP contribution in [0.15, 0.2) is 5.16 Å². The normalized spacial score (nSPS) is 20.4. The van der Waals surface area contributed by atoms with E-state index in [4.69, 9.17) is 10.9 Å². The number of piperidine rings is 1. The summed E-state index contributed by atoms with van der Waals surface area (Å²) in [4.78, 5) is 2.56. The van der Waals surface area contributed by atoms with Gasteiger partial charge in [0.15, 0.2) is 0 Å². The van der Waals surface area contributed by atoms with Crippen LogP contribution < -0.4 is 5.73 Å². The zero-order valence-electron chi connectivity index (χ0n) is 13.9. The van der Waals surface area contributed by atoms with Gasteiger partial charge in [-0.25, -0.2) is 0 Å². The Morgan fingerprint density at radius 2 is 1.75 bits per heavy atom. The molecule has 0 saturated carbocycles. The summed E-state index contributed by atoms with van der Waals surface area (Å²) in [5.41, 5.74) is 5.96. The number of nitrogens with zero attached hydrogens (tertiary/aromatic N) is 2. The van der Waals surface area contributed by atoms with Crippen molar-refractivity contribution in [1.82, 2.24) is 4.90 Å². The number of nitrogens with two attached hydrogens (primary N) is 1. The van der Waals surface area contributed by atoms with Gasteiger partial charge in [-0.3, -0.25) is 0 Å². The summed E-state index contributed by atoms with van der Waals surface area (Å²) in [6, 6.07) is 0. The highest BCUT2D eigenvalue weighted by molar-refractivity contribution is 5.85. The highest BCUT2D eigenvalue weighted by Gasteiger charge is 2.29. The molecule has 4 nitrogen and oxygen atoms in total. The first-order valence-electron chi connectivity index (χ1n) is 7.87. The summed E-state index contributed by atoms with van der Waals surface area (Å²) in [6.45, 7) is 14.7. The Hall–Kier alpha value is -0.770. The molecule has 0 atom stereocenters. The highest BCUT2D eigenvalue weighted by Crippen LogP contribution is 2.34. The van der Waals surface area contributed by atoms with E-state index in [1.54, 1.807) is 0 Å². The van der Waals surface area contributed by atoms with Gasteiger partial charge in [-0.2, -0.15) is 0 Å². The van der Waals surface area contributed by atoms with Crippen molar-refractivity contribution in [3.8, 4) is 0 Å². The fraction of sp³-hybridized carbons (Fsp3) is 0.938. The van der Waals surface area contributed by atoms with Gasteiger partial charge >= 0.3 is 0 Å². The molecule has 0 amide bonds. The van der Waals surface area contributed by atoms with E-state index in [-0.39, 0.29) is 5.41 Å². The summed E-state index contributed by atoms with van der Waals surface area (Å²) in [6.07, 6.45) is 4.69. The minimum Gasteiger partial charge on any atom is -0.409 e. The molecule has 20 heavy (non-hydrogen) atoms. The quantitative estimate of drug-likeness (QED) is 0.352. The van der Waals surface area contributed by atoms with E-state index in [1.807, 2.05) is 13.8 Å². The van der Waals surface area contributed by atoms with Crippen LogP contribution in [-0.4, -0.2) is 35.6 Å². The Morgan fingerprint density at radius 1 is 1.20 bits per heavy atom. The molecule has 1 aliphatic heterocycles. The van der Waals surface area contributed by atoms with Crippen molar-refractivity contribution in [3.05, 3.63) is 0 Å². The molecule has 0 aromatic carbocycles. The van der Waals surface area contributed by atoms with Gasteiger partial charge in [0.05, 0.1) is 0 Å². The van der Waals surface area contributed by atoms with Crippen LogP contribution in [0.25, 0.3) is 0 Å². The lowest BCUT2D eigenvalue weighted by molar-refractivity contribution is 0.110. The van der Waals surface area contributed by atoms with E-state index in [9.17, 15) is 0 Å². The Bertz CT molecular complexity index is 323. The third kappa shape index (κ3) is 4.97.